The van der Waals surface area contributed by atoms with E-state index in [2.05, 4.69) is 4.72 Å². The van der Waals surface area contributed by atoms with E-state index in [0.717, 1.165) is 17.5 Å². The number of sulfonamides is 1. The second kappa shape index (κ2) is 5.47. The molecule has 0 aliphatic carbocycles. The third-order valence-corrected chi connectivity index (χ3v) is 5.28. The SMILES string of the molecule is CN(C)CCNS(=O)(=O)c1c2c(cc3c1OCC3)OCC2. The highest BCUT2D eigenvalue weighted by molar-refractivity contribution is 7.89. The zero-order chi connectivity index (χ0) is 15.0. The Bertz CT molecular complexity index is 623. The van der Waals surface area contributed by atoms with E-state index in [9.17, 15) is 8.42 Å². The summed E-state index contributed by atoms with van der Waals surface area (Å²) in [6.07, 6.45) is 1.34. The van der Waals surface area contributed by atoms with E-state index >= 15 is 0 Å². The third-order valence-electron chi connectivity index (χ3n) is 3.72. The van der Waals surface area contributed by atoms with Gasteiger partial charge in [0.2, 0.25) is 10.0 Å². The molecule has 21 heavy (non-hydrogen) atoms. The van der Waals surface area contributed by atoms with Gasteiger partial charge in [0.05, 0.1) is 13.2 Å². The number of hydrogen-bond acceptors (Lipinski definition) is 5. The lowest BCUT2D eigenvalue weighted by Crippen LogP contribution is -2.32. The van der Waals surface area contributed by atoms with Gasteiger partial charge in [-0.05, 0) is 20.2 Å². The molecule has 2 heterocycles. The fourth-order valence-electron chi connectivity index (χ4n) is 2.70. The van der Waals surface area contributed by atoms with Crippen LogP contribution in [-0.2, 0) is 22.9 Å². The quantitative estimate of drug-likeness (QED) is 0.852. The number of likely N-dealkylation sites (N-methyl/N-ethyl adjacent to an activating group) is 1. The number of nitrogens with zero attached hydrogens (tertiary/aromatic N) is 1. The largest absolute Gasteiger partial charge is 0.493 e. The molecule has 0 fully saturated rings. The molecule has 0 saturated heterocycles. The Hall–Kier alpha value is -1.31. The predicted octanol–water partition coefficient (Wildman–Crippen LogP) is 0.396. The van der Waals surface area contributed by atoms with Crippen molar-refractivity contribution in [2.24, 2.45) is 0 Å². The molecular weight excluding hydrogens is 292 g/mol. The van der Waals surface area contributed by atoms with Crippen LogP contribution in [-0.4, -0.2) is 53.7 Å². The molecule has 0 amide bonds. The maximum absolute atomic E-state index is 12.7. The van der Waals surface area contributed by atoms with Crippen LogP contribution in [0.3, 0.4) is 0 Å². The van der Waals surface area contributed by atoms with Crippen molar-refractivity contribution in [3.8, 4) is 11.5 Å². The molecule has 1 N–H and O–H groups in total. The van der Waals surface area contributed by atoms with Gasteiger partial charge < -0.3 is 14.4 Å². The van der Waals surface area contributed by atoms with E-state index in [0.29, 0.717) is 44.2 Å². The van der Waals surface area contributed by atoms with E-state index in [-0.39, 0.29) is 4.90 Å². The van der Waals surface area contributed by atoms with E-state index in [4.69, 9.17) is 9.47 Å². The topological polar surface area (TPSA) is 67.9 Å². The first-order chi connectivity index (χ1) is 9.99. The normalized spacial score (nSPS) is 16.5. The van der Waals surface area contributed by atoms with Gasteiger partial charge in [0.25, 0.3) is 0 Å². The molecule has 0 spiro atoms. The molecule has 1 aromatic rings. The zero-order valence-corrected chi connectivity index (χ0v) is 13.1. The summed E-state index contributed by atoms with van der Waals surface area (Å²) in [6, 6.07) is 1.92. The van der Waals surface area contributed by atoms with Gasteiger partial charge in [0.15, 0.2) is 0 Å². The minimum Gasteiger partial charge on any atom is -0.493 e. The lowest BCUT2D eigenvalue weighted by molar-refractivity contribution is 0.347. The second-order valence-corrected chi connectivity index (χ2v) is 7.27. The van der Waals surface area contributed by atoms with Crippen LogP contribution in [0.5, 0.6) is 11.5 Å². The van der Waals surface area contributed by atoms with Gasteiger partial charge >= 0.3 is 0 Å². The van der Waals surface area contributed by atoms with E-state index in [1.807, 2.05) is 25.1 Å². The number of benzene rings is 1. The molecule has 0 atom stereocenters. The molecule has 2 aliphatic rings. The summed E-state index contributed by atoms with van der Waals surface area (Å²) in [5.41, 5.74) is 1.66. The van der Waals surface area contributed by atoms with Crippen molar-refractivity contribution in [2.75, 3.05) is 40.4 Å². The summed E-state index contributed by atoms with van der Waals surface area (Å²) < 4.78 is 39.1. The van der Waals surface area contributed by atoms with Crippen molar-refractivity contribution < 1.29 is 17.9 Å². The number of fused-ring (bicyclic) bond motifs is 2. The van der Waals surface area contributed by atoms with Crippen molar-refractivity contribution in [2.45, 2.75) is 17.7 Å². The average Bonchev–Trinajstić information content (AvgIpc) is 3.01. The molecule has 0 bridgehead atoms. The van der Waals surface area contributed by atoms with Crippen LogP contribution in [0.25, 0.3) is 0 Å². The third kappa shape index (κ3) is 2.73. The first-order valence-electron chi connectivity index (χ1n) is 7.08. The molecule has 116 valence electrons. The van der Waals surface area contributed by atoms with Crippen LogP contribution < -0.4 is 14.2 Å². The van der Waals surface area contributed by atoms with Crippen LogP contribution in [0.4, 0.5) is 0 Å². The van der Waals surface area contributed by atoms with Crippen molar-refractivity contribution in [3.63, 3.8) is 0 Å². The van der Waals surface area contributed by atoms with E-state index in [1.165, 1.54) is 0 Å². The molecule has 3 rings (SSSR count). The van der Waals surface area contributed by atoms with E-state index < -0.39 is 10.0 Å². The van der Waals surface area contributed by atoms with Crippen LogP contribution >= 0.6 is 0 Å². The lowest BCUT2D eigenvalue weighted by atomic mass is 10.1. The minimum absolute atomic E-state index is 0.281. The van der Waals surface area contributed by atoms with Crippen molar-refractivity contribution in [1.82, 2.24) is 9.62 Å². The summed E-state index contributed by atoms with van der Waals surface area (Å²) in [6.45, 7) is 2.07. The van der Waals surface area contributed by atoms with Gasteiger partial charge in [-0.25, -0.2) is 13.1 Å². The Morgan fingerprint density at radius 1 is 1.24 bits per heavy atom. The monoisotopic (exact) mass is 312 g/mol. The zero-order valence-electron chi connectivity index (χ0n) is 12.3. The molecule has 0 unspecified atom stereocenters. The maximum Gasteiger partial charge on any atom is 0.244 e. The minimum atomic E-state index is -3.59. The number of ether oxygens (including phenoxy) is 2. The smallest absolute Gasteiger partial charge is 0.244 e. The highest BCUT2D eigenvalue weighted by Crippen LogP contribution is 2.42. The Kier molecular flexibility index (Phi) is 3.81. The molecule has 0 radical (unpaired) electrons. The summed E-state index contributed by atoms with van der Waals surface area (Å²) in [4.78, 5) is 2.21. The average molecular weight is 312 g/mol. The lowest BCUT2D eigenvalue weighted by Gasteiger charge is -2.15. The highest BCUT2D eigenvalue weighted by Gasteiger charge is 2.33. The summed E-state index contributed by atoms with van der Waals surface area (Å²) in [5.74, 6) is 1.20. The second-order valence-electron chi connectivity index (χ2n) is 5.57. The molecule has 1 aromatic carbocycles. The van der Waals surface area contributed by atoms with Crippen molar-refractivity contribution in [3.05, 3.63) is 17.2 Å². The van der Waals surface area contributed by atoms with Crippen LogP contribution in [0, 0.1) is 0 Å². The van der Waals surface area contributed by atoms with Gasteiger partial charge in [-0.1, -0.05) is 0 Å². The van der Waals surface area contributed by atoms with Crippen molar-refractivity contribution >= 4 is 10.0 Å². The maximum atomic E-state index is 12.7. The van der Waals surface area contributed by atoms with Gasteiger partial charge in [0.1, 0.15) is 16.4 Å². The van der Waals surface area contributed by atoms with Crippen LogP contribution in [0.15, 0.2) is 11.0 Å². The fraction of sp³-hybridized carbons (Fsp3) is 0.571. The van der Waals surface area contributed by atoms with Crippen LogP contribution in [0.2, 0.25) is 0 Å². The Balaban J connectivity index is 1.98. The Morgan fingerprint density at radius 2 is 2.00 bits per heavy atom. The molecule has 2 aliphatic heterocycles. The van der Waals surface area contributed by atoms with Crippen LogP contribution in [0.1, 0.15) is 11.1 Å². The molecule has 0 aromatic heterocycles. The number of nitrogens with one attached hydrogen (secondary N) is 1. The van der Waals surface area contributed by atoms with Gasteiger partial charge in [-0.15, -0.1) is 0 Å². The van der Waals surface area contributed by atoms with Gasteiger partial charge in [0, 0.05) is 37.1 Å². The first-order valence-corrected chi connectivity index (χ1v) is 8.56. The molecule has 0 saturated carbocycles. The first kappa shape index (κ1) is 14.6. The van der Waals surface area contributed by atoms with E-state index in [1.54, 1.807) is 0 Å². The molecular formula is C14H20N2O4S. The Labute approximate surface area is 125 Å². The number of hydrogen-bond donors (Lipinski definition) is 1. The number of rotatable bonds is 5. The summed E-state index contributed by atoms with van der Waals surface area (Å²) in [5, 5.41) is 0. The Morgan fingerprint density at radius 3 is 2.76 bits per heavy atom. The molecule has 6 nitrogen and oxygen atoms in total. The standard InChI is InChI=1S/C14H20N2O4S/c1-16(2)6-5-15-21(17,18)14-11-4-8-19-12(11)9-10-3-7-20-13(10)14/h9,15H,3-8H2,1-2H3. The predicted molar refractivity (Wildman–Crippen MR) is 78.6 cm³/mol. The van der Waals surface area contributed by atoms with Gasteiger partial charge in [-0.2, -0.15) is 0 Å². The summed E-state index contributed by atoms with van der Waals surface area (Å²) >= 11 is 0. The van der Waals surface area contributed by atoms with Crippen molar-refractivity contribution in [1.29, 1.82) is 0 Å². The highest BCUT2D eigenvalue weighted by atomic mass is 32.2. The summed E-state index contributed by atoms with van der Waals surface area (Å²) in [7, 11) is 0.224. The molecule has 7 heteroatoms. The fourth-order valence-corrected chi connectivity index (χ4v) is 4.17. The van der Waals surface area contributed by atoms with Gasteiger partial charge in [-0.3, -0.25) is 0 Å².